The fourth-order valence-electron chi connectivity index (χ4n) is 2.13. The highest BCUT2D eigenvalue weighted by molar-refractivity contribution is 5.76. The summed E-state index contributed by atoms with van der Waals surface area (Å²) in [6.07, 6.45) is 2.46. The number of amides is 1. The lowest BCUT2D eigenvalue weighted by Crippen LogP contribution is -2.25. The number of aliphatic hydroxyl groups is 1. The third-order valence-electron chi connectivity index (χ3n) is 3.38. The van der Waals surface area contributed by atoms with Gasteiger partial charge in [-0.25, -0.2) is 0 Å². The number of aryl methyl sites for hydroxylation is 2. The van der Waals surface area contributed by atoms with E-state index >= 15 is 0 Å². The number of hydrogen-bond acceptors (Lipinski definition) is 3. The van der Waals surface area contributed by atoms with E-state index in [2.05, 4.69) is 10.4 Å². The number of aliphatic hydroxyl groups excluding tert-OH is 1. The topological polar surface area (TPSA) is 67.2 Å². The van der Waals surface area contributed by atoms with Crippen LogP contribution in [0.1, 0.15) is 43.1 Å². The first kappa shape index (κ1) is 15.7. The van der Waals surface area contributed by atoms with Crippen molar-refractivity contribution in [3.05, 3.63) is 17.0 Å². The molecule has 1 unspecified atom stereocenters. The molecule has 0 aliphatic heterocycles. The lowest BCUT2D eigenvalue weighted by Gasteiger charge is -2.07. The largest absolute Gasteiger partial charge is 0.393 e. The minimum atomic E-state index is -0.294. The van der Waals surface area contributed by atoms with Gasteiger partial charge in [-0.15, -0.1) is 0 Å². The highest BCUT2D eigenvalue weighted by Crippen LogP contribution is 2.13. The van der Waals surface area contributed by atoms with Crippen LogP contribution in [0.3, 0.4) is 0 Å². The zero-order valence-electron chi connectivity index (χ0n) is 12.4. The van der Waals surface area contributed by atoms with Gasteiger partial charge in [0.15, 0.2) is 0 Å². The number of carbonyl (C=O) groups is 1. The molecule has 5 nitrogen and oxygen atoms in total. The molecule has 1 amide bonds. The molecule has 19 heavy (non-hydrogen) atoms. The van der Waals surface area contributed by atoms with Gasteiger partial charge in [-0.1, -0.05) is 0 Å². The summed E-state index contributed by atoms with van der Waals surface area (Å²) in [4.78, 5) is 11.7. The highest BCUT2D eigenvalue weighted by Gasteiger charge is 2.11. The molecule has 0 aliphatic rings. The molecule has 0 fully saturated rings. The van der Waals surface area contributed by atoms with E-state index in [1.165, 1.54) is 5.56 Å². The maximum Gasteiger partial charge on any atom is 0.220 e. The molecule has 108 valence electrons. The number of rotatable bonds is 7. The first-order chi connectivity index (χ1) is 8.91. The van der Waals surface area contributed by atoms with Crippen LogP contribution in [0.25, 0.3) is 0 Å². The van der Waals surface area contributed by atoms with Gasteiger partial charge in [-0.3, -0.25) is 9.48 Å². The predicted molar refractivity (Wildman–Crippen MR) is 74.9 cm³/mol. The molecular weight excluding hydrogens is 242 g/mol. The van der Waals surface area contributed by atoms with Crippen LogP contribution in [0.15, 0.2) is 0 Å². The Morgan fingerprint density at radius 1 is 1.47 bits per heavy atom. The molecule has 2 N–H and O–H groups in total. The third kappa shape index (κ3) is 5.03. The van der Waals surface area contributed by atoms with Crippen molar-refractivity contribution in [2.45, 2.75) is 52.6 Å². The van der Waals surface area contributed by atoms with Crippen molar-refractivity contribution >= 4 is 5.91 Å². The summed E-state index contributed by atoms with van der Waals surface area (Å²) >= 11 is 0. The number of aromatic nitrogens is 2. The van der Waals surface area contributed by atoms with E-state index in [9.17, 15) is 4.79 Å². The first-order valence-corrected chi connectivity index (χ1v) is 6.85. The van der Waals surface area contributed by atoms with Gasteiger partial charge < -0.3 is 10.4 Å². The van der Waals surface area contributed by atoms with E-state index in [0.29, 0.717) is 13.0 Å². The molecule has 1 rings (SSSR count). The first-order valence-electron chi connectivity index (χ1n) is 6.85. The average Bonchev–Trinajstić information content (AvgIpc) is 2.57. The lowest BCUT2D eigenvalue weighted by atomic mass is 10.1. The Morgan fingerprint density at radius 3 is 2.68 bits per heavy atom. The van der Waals surface area contributed by atoms with Crippen LogP contribution >= 0.6 is 0 Å². The van der Waals surface area contributed by atoms with E-state index in [1.807, 2.05) is 25.6 Å². The second kappa shape index (κ2) is 7.28. The summed E-state index contributed by atoms with van der Waals surface area (Å²) < 4.78 is 1.85. The summed E-state index contributed by atoms with van der Waals surface area (Å²) in [7, 11) is 1.92. The summed E-state index contributed by atoms with van der Waals surface area (Å²) in [6.45, 7) is 6.39. The molecule has 0 spiro atoms. The van der Waals surface area contributed by atoms with E-state index in [0.717, 1.165) is 30.7 Å². The second-order valence-electron chi connectivity index (χ2n) is 5.11. The van der Waals surface area contributed by atoms with E-state index in [4.69, 9.17) is 5.11 Å². The van der Waals surface area contributed by atoms with Crippen LogP contribution in [-0.4, -0.2) is 33.4 Å². The molecule has 0 aromatic carbocycles. The predicted octanol–water partition coefficient (Wildman–Crippen LogP) is 1.25. The maximum atomic E-state index is 11.7. The molecule has 0 aliphatic carbocycles. The number of hydrogen-bond donors (Lipinski definition) is 2. The molecule has 1 heterocycles. The van der Waals surface area contributed by atoms with Crippen LogP contribution in [0.4, 0.5) is 0 Å². The van der Waals surface area contributed by atoms with Crippen LogP contribution < -0.4 is 5.32 Å². The zero-order chi connectivity index (χ0) is 14.4. The minimum absolute atomic E-state index is 0.0632. The van der Waals surface area contributed by atoms with Crippen LogP contribution in [0.2, 0.25) is 0 Å². The standard InChI is InChI=1S/C14H25N3O2/c1-10(18)6-5-9-15-14(19)8-7-13-11(2)16-17(4)12(13)3/h10,18H,5-9H2,1-4H3,(H,15,19). The van der Waals surface area contributed by atoms with Gasteiger partial charge in [0.25, 0.3) is 0 Å². The van der Waals surface area contributed by atoms with Crippen LogP contribution in [-0.2, 0) is 18.3 Å². The number of nitrogens with zero attached hydrogens (tertiary/aromatic N) is 2. The summed E-state index contributed by atoms with van der Waals surface area (Å²) in [5.74, 6) is 0.0632. The van der Waals surface area contributed by atoms with Crippen molar-refractivity contribution in [2.24, 2.45) is 7.05 Å². The quantitative estimate of drug-likeness (QED) is 0.731. The fourth-order valence-corrected chi connectivity index (χ4v) is 2.13. The van der Waals surface area contributed by atoms with Gasteiger partial charge in [0, 0.05) is 25.7 Å². The van der Waals surface area contributed by atoms with E-state index < -0.39 is 0 Å². The Hall–Kier alpha value is -1.36. The Morgan fingerprint density at radius 2 is 2.16 bits per heavy atom. The average molecular weight is 267 g/mol. The summed E-state index contributed by atoms with van der Waals surface area (Å²) in [5, 5.41) is 16.3. The molecule has 0 saturated heterocycles. The zero-order valence-corrected chi connectivity index (χ0v) is 12.4. The lowest BCUT2D eigenvalue weighted by molar-refractivity contribution is -0.121. The third-order valence-corrected chi connectivity index (χ3v) is 3.38. The van der Waals surface area contributed by atoms with Gasteiger partial charge in [0.1, 0.15) is 0 Å². The van der Waals surface area contributed by atoms with Crippen molar-refractivity contribution in [1.82, 2.24) is 15.1 Å². The molecule has 0 saturated carbocycles. The minimum Gasteiger partial charge on any atom is -0.393 e. The molecule has 5 heteroatoms. The normalized spacial score (nSPS) is 12.5. The fraction of sp³-hybridized carbons (Fsp3) is 0.714. The monoisotopic (exact) mass is 267 g/mol. The van der Waals surface area contributed by atoms with Crippen molar-refractivity contribution in [2.75, 3.05) is 6.54 Å². The molecule has 1 aromatic heterocycles. The smallest absolute Gasteiger partial charge is 0.220 e. The highest BCUT2D eigenvalue weighted by atomic mass is 16.3. The van der Waals surface area contributed by atoms with Gasteiger partial charge in [0.2, 0.25) is 5.91 Å². The SMILES string of the molecule is Cc1nn(C)c(C)c1CCC(=O)NCCCC(C)O. The van der Waals surface area contributed by atoms with Crippen molar-refractivity contribution in [3.63, 3.8) is 0 Å². The Balaban J connectivity index is 2.30. The Labute approximate surface area is 115 Å². The van der Waals surface area contributed by atoms with Gasteiger partial charge in [0.05, 0.1) is 11.8 Å². The van der Waals surface area contributed by atoms with Crippen molar-refractivity contribution in [3.8, 4) is 0 Å². The van der Waals surface area contributed by atoms with Crippen LogP contribution in [0, 0.1) is 13.8 Å². The maximum absolute atomic E-state index is 11.7. The Kier molecular flexibility index (Phi) is 6.02. The van der Waals surface area contributed by atoms with Gasteiger partial charge in [-0.2, -0.15) is 5.10 Å². The molecular formula is C14H25N3O2. The van der Waals surface area contributed by atoms with Crippen LogP contribution in [0.5, 0.6) is 0 Å². The molecule has 0 bridgehead atoms. The van der Waals surface area contributed by atoms with Crippen molar-refractivity contribution in [1.29, 1.82) is 0 Å². The van der Waals surface area contributed by atoms with E-state index in [-0.39, 0.29) is 12.0 Å². The Bertz CT molecular complexity index is 425. The summed E-state index contributed by atoms with van der Waals surface area (Å²) in [6, 6.07) is 0. The molecule has 0 radical (unpaired) electrons. The summed E-state index contributed by atoms with van der Waals surface area (Å²) in [5.41, 5.74) is 3.29. The van der Waals surface area contributed by atoms with E-state index in [1.54, 1.807) is 6.92 Å². The van der Waals surface area contributed by atoms with Crippen molar-refractivity contribution < 1.29 is 9.90 Å². The molecule has 1 aromatic rings. The van der Waals surface area contributed by atoms with Gasteiger partial charge >= 0.3 is 0 Å². The number of carbonyl (C=O) groups excluding carboxylic acids is 1. The van der Waals surface area contributed by atoms with Gasteiger partial charge in [-0.05, 0) is 45.6 Å². The number of nitrogens with one attached hydrogen (secondary N) is 1. The second-order valence-corrected chi connectivity index (χ2v) is 5.11. The molecule has 1 atom stereocenters.